The van der Waals surface area contributed by atoms with Crippen LogP contribution in [0.2, 0.25) is 0 Å². The van der Waals surface area contributed by atoms with Gasteiger partial charge in [-0.15, -0.1) is 0 Å². The topological polar surface area (TPSA) is 59.0 Å². The van der Waals surface area contributed by atoms with Gasteiger partial charge in [0.05, 0.1) is 17.6 Å². The van der Waals surface area contributed by atoms with Gasteiger partial charge in [0.25, 0.3) is 0 Å². The molecule has 2 saturated carbocycles. The molecule has 2 aromatic carbocycles. The maximum Gasteiger partial charge on any atom is 0.174 e. The molecule has 1 saturated heterocycles. The minimum atomic E-state index is -0.556. The van der Waals surface area contributed by atoms with E-state index in [1.807, 2.05) is 18.2 Å². The number of hydrogen-bond donors (Lipinski definition) is 1. The number of benzene rings is 2. The number of hydrogen-bond acceptors (Lipinski definition) is 5. The number of phenolic OH excluding ortho intramolecular Hbond substituents is 1. The number of Topliss-reactive ketones (excluding diaryl/α,β-unsaturated/α-hetero) is 1. The molecule has 2 aromatic rings. The van der Waals surface area contributed by atoms with Crippen molar-refractivity contribution in [2.75, 3.05) is 13.1 Å². The highest BCUT2D eigenvalue weighted by molar-refractivity contribution is 5.90. The predicted molar refractivity (Wildman–Crippen MR) is 119 cm³/mol. The number of piperidine rings is 1. The van der Waals surface area contributed by atoms with Gasteiger partial charge < -0.3 is 14.6 Å². The summed E-state index contributed by atoms with van der Waals surface area (Å²) in [5.74, 6) is 1.63. The van der Waals surface area contributed by atoms with E-state index in [2.05, 4.69) is 23.1 Å². The monoisotopic (exact) mass is 431 g/mol. The molecule has 2 bridgehead atoms. The van der Waals surface area contributed by atoms with Gasteiger partial charge in [-0.1, -0.05) is 36.4 Å². The fourth-order valence-electron chi connectivity index (χ4n) is 7.32. The Hall–Kier alpha value is -2.37. The Labute approximate surface area is 188 Å². The summed E-state index contributed by atoms with van der Waals surface area (Å²) in [5.41, 5.74) is 2.44. The average Bonchev–Trinajstić information content (AvgIpc) is 3.55. The van der Waals surface area contributed by atoms with Gasteiger partial charge in [-0.05, 0) is 61.8 Å². The van der Waals surface area contributed by atoms with E-state index in [0.717, 1.165) is 49.4 Å². The Bertz CT molecular complexity index is 1100. The van der Waals surface area contributed by atoms with Crippen molar-refractivity contribution in [3.8, 4) is 11.5 Å². The molecule has 5 nitrogen and oxygen atoms in total. The van der Waals surface area contributed by atoms with E-state index >= 15 is 0 Å². The van der Waals surface area contributed by atoms with E-state index in [1.165, 1.54) is 18.4 Å². The molecule has 5 aliphatic rings. The quantitative estimate of drug-likeness (QED) is 0.781. The van der Waals surface area contributed by atoms with Gasteiger partial charge in [0.15, 0.2) is 23.4 Å². The van der Waals surface area contributed by atoms with Gasteiger partial charge >= 0.3 is 0 Å². The molecule has 4 atom stereocenters. The molecule has 0 radical (unpaired) electrons. The molecular formula is C27H29NO4. The standard InChI is InChI=1S/C27H29NO4/c29-20-9-8-19-14-22-27(31-16-18-4-2-1-3-5-18)11-10-21(30)25-26(27,23(19)24(20)32-25)12-13-28(22)15-17-6-7-17/h1-5,8-9,17,22,25,29H,6-7,10-16H2/t22?,25-,26-,27+/m0/s1. The van der Waals surface area contributed by atoms with Crippen molar-refractivity contribution < 1.29 is 19.4 Å². The highest BCUT2D eigenvalue weighted by Gasteiger charge is 2.74. The first-order valence-electron chi connectivity index (χ1n) is 12.1. The molecule has 3 fully saturated rings. The van der Waals surface area contributed by atoms with E-state index in [9.17, 15) is 9.90 Å². The summed E-state index contributed by atoms with van der Waals surface area (Å²) >= 11 is 0. The minimum absolute atomic E-state index is 0.149. The van der Waals surface area contributed by atoms with Crippen LogP contribution in [0.4, 0.5) is 0 Å². The van der Waals surface area contributed by atoms with Crippen LogP contribution < -0.4 is 4.74 Å². The third-order valence-electron chi connectivity index (χ3n) is 8.86. The van der Waals surface area contributed by atoms with Crippen LogP contribution in [0.25, 0.3) is 0 Å². The van der Waals surface area contributed by atoms with Crippen LogP contribution in [0.1, 0.15) is 48.8 Å². The molecule has 166 valence electrons. The fourth-order valence-corrected chi connectivity index (χ4v) is 7.32. The number of aromatic hydroxyl groups is 1. The normalized spacial score (nSPS) is 34.8. The molecule has 2 aliphatic heterocycles. The summed E-state index contributed by atoms with van der Waals surface area (Å²) in [7, 11) is 0. The second-order valence-corrected chi connectivity index (χ2v) is 10.5. The van der Waals surface area contributed by atoms with Crippen LogP contribution in [0, 0.1) is 5.92 Å². The Morgan fingerprint density at radius 3 is 2.78 bits per heavy atom. The maximum atomic E-state index is 13.2. The number of carbonyl (C=O) groups is 1. The van der Waals surface area contributed by atoms with Crippen LogP contribution in [0.15, 0.2) is 42.5 Å². The molecule has 32 heavy (non-hydrogen) atoms. The van der Waals surface area contributed by atoms with Gasteiger partial charge in [0.1, 0.15) is 0 Å². The number of likely N-dealkylation sites (tertiary alicyclic amines) is 1. The van der Waals surface area contributed by atoms with Gasteiger partial charge in [-0.2, -0.15) is 0 Å². The van der Waals surface area contributed by atoms with Crippen molar-refractivity contribution in [1.29, 1.82) is 0 Å². The van der Waals surface area contributed by atoms with Crippen molar-refractivity contribution in [3.63, 3.8) is 0 Å². The van der Waals surface area contributed by atoms with Crippen molar-refractivity contribution in [3.05, 3.63) is 59.2 Å². The summed E-state index contributed by atoms with van der Waals surface area (Å²) in [5, 5.41) is 10.7. The van der Waals surface area contributed by atoms with E-state index in [-0.39, 0.29) is 17.6 Å². The van der Waals surface area contributed by atoms with E-state index < -0.39 is 17.1 Å². The number of phenols is 1. The first kappa shape index (κ1) is 19.1. The number of rotatable bonds is 5. The van der Waals surface area contributed by atoms with E-state index in [1.54, 1.807) is 6.07 Å². The van der Waals surface area contributed by atoms with E-state index in [0.29, 0.717) is 18.8 Å². The molecule has 7 rings (SSSR count). The molecule has 2 heterocycles. The second-order valence-electron chi connectivity index (χ2n) is 10.5. The van der Waals surface area contributed by atoms with Gasteiger partial charge in [-0.25, -0.2) is 0 Å². The number of carbonyl (C=O) groups excluding carboxylic acids is 1. The lowest BCUT2D eigenvalue weighted by Gasteiger charge is -2.64. The lowest BCUT2D eigenvalue weighted by atomic mass is 9.48. The van der Waals surface area contributed by atoms with Crippen molar-refractivity contribution >= 4 is 5.78 Å². The lowest BCUT2D eigenvalue weighted by Crippen LogP contribution is -2.77. The summed E-state index contributed by atoms with van der Waals surface area (Å²) in [6.45, 7) is 2.61. The van der Waals surface area contributed by atoms with E-state index in [4.69, 9.17) is 9.47 Å². The highest BCUT2D eigenvalue weighted by atomic mass is 16.5. The van der Waals surface area contributed by atoms with Crippen molar-refractivity contribution in [1.82, 2.24) is 4.90 Å². The van der Waals surface area contributed by atoms with Crippen LogP contribution in [0.5, 0.6) is 11.5 Å². The Morgan fingerprint density at radius 1 is 1.12 bits per heavy atom. The van der Waals surface area contributed by atoms with Gasteiger partial charge in [0, 0.05) is 24.6 Å². The summed E-state index contributed by atoms with van der Waals surface area (Å²) in [6.07, 6.45) is 5.01. The molecule has 1 unspecified atom stereocenters. The average molecular weight is 432 g/mol. The molecule has 0 amide bonds. The van der Waals surface area contributed by atoms with Crippen molar-refractivity contribution in [2.45, 2.75) is 68.3 Å². The lowest BCUT2D eigenvalue weighted by molar-refractivity contribution is -0.218. The third-order valence-corrected chi connectivity index (χ3v) is 8.86. The zero-order chi connectivity index (χ0) is 21.5. The molecular weight excluding hydrogens is 402 g/mol. The Balaban J connectivity index is 1.40. The summed E-state index contributed by atoms with van der Waals surface area (Å²) in [4.78, 5) is 15.9. The third kappa shape index (κ3) is 2.39. The highest BCUT2D eigenvalue weighted by Crippen LogP contribution is 2.66. The van der Waals surface area contributed by atoms with Gasteiger partial charge in [0.2, 0.25) is 0 Å². The van der Waals surface area contributed by atoms with Crippen LogP contribution in [-0.4, -0.2) is 46.6 Å². The zero-order valence-electron chi connectivity index (χ0n) is 18.3. The summed E-state index contributed by atoms with van der Waals surface area (Å²) < 4.78 is 13.4. The fraction of sp³-hybridized carbons (Fsp3) is 0.519. The zero-order valence-corrected chi connectivity index (χ0v) is 18.3. The minimum Gasteiger partial charge on any atom is -0.504 e. The number of ketones is 1. The van der Waals surface area contributed by atoms with Gasteiger partial charge in [-0.3, -0.25) is 9.69 Å². The molecule has 5 heteroatoms. The second kappa shape index (κ2) is 6.58. The number of nitrogens with zero attached hydrogens (tertiary/aromatic N) is 1. The van der Waals surface area contributed by atoms with Crippen LogP contribution >= 0.6 is 0 Å². The molecule has 0 aromatic heterocycles. The van der Waals surface area contributed by atoms with Crippen LogP contribution in [0.3, 0.4) is 0 Å². The van der Waals surface area contributed by atoms with Crippen LogP contribution in [-0.2, 0) is 28.0 Å². The smallest absolute Gasteiger partial charge is 0.174 e. The SMILES string of the molecule is O=C1CC[C@@]2(OCc3ccccc3)C3Cc4ccc(O)c5c4[C@@]2(CCN3CC2CC2)[C@H]1O5. The maximum absolute atomic E-state index is 13.2. The first-order valence-corrected chi connectivity index (χ1v) is 12.1. The molecule has 3 aliphatic carbocycles. The summed E-state index contributed by atoms with van der Waals surface area (Å²) in [6, 6.07) is 14.4. The Kier molecular flexibility index (Phi) is 3.93. The number of ether oxygens (including phenoxy) is 2. The molecule has 1 N–H and O–H groups in total. The Morgan fingerprint density at radius 2 is 1.97 bits per heavy atom. The van der Waals surface area contributed by atoms with Crippen molar-refractivity contribution in [2.24, 2.45) is 5.92 Å². The largest absolute Gasteiger partial charge is 0.504 e. The first-order chi connectivity index (χ1) is 15.6. The molecule has 1 spiro atoms. The predicted octanol–water partition coefficient (Wildman–Crippen LogP) is 3.75.